The van der Waals surface area contributed by atoms with E-state index in [0.29, 0.717) is 31.0 Å². The number of furan rings is 1. The summed E-state index contributed by atoms with van der Waals surface area (Å²) in [4.78, 5) is 16.5. The first kappa shape index (κ1) is 15.1. The molecule has 0 aliphatic carbocycles. The monoisotopic (exact) mass is 280 g/mol. The summed E-state index contributed by atoms with van der Waals surface area (Å²) in [6.07, 6.45) is 0. The summed E-state index contributed by atoms with van der Waals surface area (Å²) in [5.41, 5.74) is -0.0248. The van der Waals surface area contributed by atoms with Crippen molar-refractivity contribution >= 4 is 5.91 Å². The van der Waals surface area contributed by atoms with E-state index in [2.05, 4.69) is 4.90 Å². The average molecular weight is 280 g/mol. The predicted molar refractivity (Wildman–Crippen MR) is 76.8 cm³/mol. The molecule has 1 aromatic rings. The Kier molecular flexibility index (Phi) is 4.20. The molecule has 20 heavy (non-hydrogen) atoms. The summed E-state index contributed by atoms with van der Waals surface area (Å²) < 4.78 is 5.42. The van der Waals surface area contributed by atoms with Crippen molar-refractivity contribution in [2.75, 3.05) is 32.7 Å². The van der Waals surface area contributed by atoms with Crippen LogP contribution in [0.1, 0.15) is 35.7 Å². The SMILES string of the molecule is Cc1cc(C(=O)N2CCN(CC(C)(C)O)CC2)c(C)o1. The van der Waals surface area contributed by atoms with Crippen LogP contribution in [-0.2, 0) is 0 Å². The van der Waals surface area contributed by atoms with Crippen molar-refractivity contribution in [1.82, 2.24) is 9.80 Å². The van der Waals surface area contributed by atoms with Crippen LogP contribution >= 0.6 is 0 Å². The van der Waals surface area contributed by atoms with E-state index in [0.717, 1.165) is 18.8 Å². The summed E-state index contributed by atoms with van der Waals surface area (Å²) in [6.45, 7) is 10.9. The Morgan fingerprint density at radius 1 is 1.30 bits per heavy atom. The molecule has 112 valence electrons. The lowest BCUT2D eigenvalue weighted by Gasteiger charge is -2.37. The second-order valence-electron chi connectivity index (χ2n) is 6.21. The Morgan fingerprint density at radius 2 is 1.90 bits per heavy atom. The summed E-state index contributed by atoms with van der Waals surface area (Å²) in [5.74, 6) is 1.50. The fourth-order valence-electron chi connectivity index (χ4n) is 2.67. The lowest BCUT2D eigenvalue weighted by Crippen LogP contribution is -2.52. The maximum Gasteiger partial charge on any atom is 0.257 e. The Morgan fingerprint density at radius 3 is 2.35 bits per heavy atom. The van der Waals surface area contributed by atoms with E-state index in [4.69, 9.17) is 4.42 Å². The van der Waals surface area contributed by atoms with Gasteiger partial charge in [-0.3, -0.25) is 9.69 Å². The summed E-state index contributed by atoms with van der Waals surface area (Å²) in [7, 11) is 0. The largest absolute Gasteiger partial charge is 0.466 e. The van der Waals surface area contributed by atoms with Crippen LogP contribution in [0.2, 0.25) is 0 Å². The number of piperazine rings is 1. The molecule has 0 saturated carbocycles. The van der Waals surface area contributed by atoms with Gasteiger partial charge in [-0.15, -0.1) is 0 Å². The van der Waals surface area contributed by atoms with Gasteiger partial charge in [0.2, 0.25) is 0 Å². The smallest absolute Gasteiger partial charge is 0.257 e. The van der Waals surface area contributed by atoms with Gasteiger partial charge in [0.1, 0.15) is 11.5 Å². The number of hydrogen-bond acceptors (Lipinski definition) is 4. The first-order valence-corrected chi connectivity index (χ1v) is 7.07. The first-order chi connectivity index (χ1) is 9.26. The molecule has 1 aliphatic rings. The van der Waals surface area contributed by atoms with Crippen molar-refractivity contribution in [3.05, 3.63) is 23.2 Å². The highest BCUT2D eigenvalue weighted by molar-refractivity contribution is 5.95. The Labute approximate surface area is 120 Å². The normalized spacial score (nSPS) is 17.6. The lowest BCUT2D eigenvalue weighted by atomic mass is 10.1. The third-order valence-electron chi connectivity index (χ3n) is 3.54. The molecule has 2 rings (SSSR count). The number of rotatable bonds is 3. The van der Waals surface area contributed by atoms with E-state index in [1.54, 1.807) is 6.07 Å². The van der Waals surface area contributed by atoms with Gasteiger partial charge in [-0.1, -0.05) is 0 Å². The van der Waals surface area contributed by atoms with Crippen molar-refractivity contribution in [3.63, 3.8) is 0 Å². The number of amides is 1. The molecule has 0 bridgehead atoms. The zero-order chi connectivity index (χ0) is 14.9. The van der Waals surface area contributed by atoms with Gasteiger partial charge in [0, 0.05) is 32.7 Å². The molecule has 5 nitrogen and oxygen atoms in total. The average Bonchev–Trinajstić information content (AvgIpc) is 2.66. The van der Waals surface area contributed by atoms with Crippen molar-refractivity contribution in [3.8, 4) is 0 Å². The van der Waals surface area contributed by atoms with Gasteiger partial charge in [0.05, 0.1) is 11.2 Å². The van der Waals surface area contributed by atoms with Crippen LogP contribution in [0.25, 0.3) is 0 Å². The molecule has 2 heterocycles. The van der Waals surface area contributed by atoms with E-state index in [1.165, 1.54) is 0 Å². The molecule has 1 amide bonds. The third-order valence-corrected chi connectivity index (χ3v) is 3.54. The lowest BCUT2D eigenvalue weighted by molar-refractivity contribution is 0.0178. The minimum atomic E-state index is -0.690. The van der Waals surface area contributed by atoms with Crippen LogP contribution in [0.3, 0.4) is 0 Å². The van der Waals surface area contributed by atoms with Crippen LogP contribution in [0.4, 0.5) is 0 Å². The van der Waals surface area contributed by atoms with Crippen molar-refractivity contribution in [2.45, 2.75) is 33.3 Å². The zero-order valence-corrected chi connectivity index (χ0v) is 12.8. The van der Waals surface area contributed by atoms with E-state index >= 15 is 0 Å². The Hall–Kier alpha value is -1.33. The highest BCUT2D eigenvalue weighted by Gasteiger charge is 2.27. The van der Waals surface area contributed by atoms with Crippen molar-refractivity contribution < 1.29 is 14.3 Å². The van der Waals surface area contributed by atoms with Crippen LogP contribution in [-0.4, -0.2) is 59.1 Å². The molecule has 1 aliphatic heterocycles. The fraction of sp³-hybridized carbons (Fsp3) is 0.667. The molecule has 1 aromatic heterocycles. The predicted octanol–water partition coefficient (Wildman–Crippen LogP) is 1.43. The molecule has 1 N–H and O–H groups in total. The van der Waals surface area contributed by atoms with Gasteiger partial charge in [-0.25, -0.2) is 0 Å². The minimum Gasteiger partial charge on any atom is -0.466 e. The highest BCUT2D eigenvalue weighted by Crippen LogP contribution is 2.17. The van der Waals surface area contributed by atoms with Crippen LogP contribution < -0.4 is 0 Å². The second kappa shape index (κ2) is 5.58. The Bertz CT molecular complexity index is 480. The standard InChI is InChI=1S/C15H24N2O3/c1-11-9-13(12(2)20-11)14(18)17-7-5-16(6-8-17)10-15(3,4)19/h9,19H,5-8,10H2,1-4H3. The molecule has 0 aromatic carbocycles. The molecule has 0 atom stereocenters. The van der Waals surface area contributed by atoms with Gasteiger partial charge in [0.15, 0.2) is 0 Å². The van der Waals surface area contributed by atoms with Crippen LogP contribution in [0.5, 0.6) is 0 Å². The number of carbonyl (C=O) groups is 1. The van der Waals surface area contributed by atoms with E-state index in [9.17, 15) is 9.90 Å². The number of β-amino-alcohol motifs (C(OH)–C–C–N with tert-alkyl or cyclic N) is 1. The molecule has 1 saturated heterocycles. The molecule has 0 unspecified atom stereocenters. The fourth-order valence-corrected chi connectivity index (χ4v) is 2.67. The minimum absolute atomic E-state index is 0.0438. The topological polar surface area (TPSA) is 56.9 Å². The summed E-state index contributed by atoms with van der Waals surface area (Å²) in [6, 6.07) is 1.81. The summed E-state index contributed by atoms with van der Waals surface area (Å²) >= 11 is 0. The maximum absolute atomic E-state index is 12.4. The number of carbonyl (C=O) groups excluding carboxylic acids is 1. The molecule has 0 radical (unpaired) electrons. The number of hydrogen-bond donors (Lipinski definition) is 1. The van der Waals surface area contributed by atoms with Crippen molar-refractivity contribution in [2.24, 2.45) is 0 Å². The van der Waals surface area contributed by atoms with Gasteiger partial charge in [-0.05, 0) is 33.8 Å². The zero-order valence-electron chi connectivity index (χ0n) is 12.8. The number of aryl methyl sites for hydroxylation is 2. The van der Waals surface area contributed by atoms with Gasteiger partial charge in [-0.2, -0.15) is 0 Å². The molecule has 1 fully saturated rings. The van der Waals surface area contributed by atoms with Gasteiger partial charge >= 0.3 is 0 Å². The third kappa shape index (κ3) is 3.61. The van der Waals surface area contributed by atoms with E-state index in [-0.39, 0.29) is 5.91 Å². The van der Waals surface area contributed by atoms with Crippen LogP contribution in [0.15, 0.2) is 10.5 Å². The van der Waals surface area contributed by atoms with Crippen LogP contribution in [0, 0.1) is 13.8 Å². The first-order valence-electron chi connectivity index (χ1n) is 7.07. The Balaban J connectivity index is 1.94. The molecule has 0 spiro atoms. The molecule has 5 heteroatoms. The summed E-state index contributed by atoms with van der Waals surface area (Å²) in [5, 5.41) is 9.83. The quantitative estimate of drug-likeness (QED) is 0.910. The van der Waals surface area contributed by atoms with Gasteiger partial charge in [0.25, 0.3) is 5.91 Å². The van der Waals surface area contributed by atoms with E-state index < -0.39 is 5.60 Å². The second-order valence-corrected chi connectivity index (χ2v) is 6.21. The van der Waals surface area contributed by atoms with Crippen molar-refractivity contribution in [1.29, 1.82) is 0 Å². The number of aliphatic hydroxyl groups is 1. The molecular weight excluding hydrogens is 256 g/mol. The van der Waals surface area contributed by atoms with Gasteiger partial charge < -0.3 is 14.4 Å². The molecular formula is C15H24N2O3. The maximum atomic E-state index is 12.4. The highest BCUT2D eigenvalue weighted by atomic mass is 16.3. The van der Waals surface area contributed by atoms with E-state index in [1.807, 2.05) is 32.6 Å². The number of nitrogens with zero attached hydrogens (tertiary/aromatic N) is 2.